The Bertz CT molecular complexity index is 573. The van der Waals surface area contributed by atoms with Crippen molar-refractivity contribution in [2.75, 3.05) is 0 Å². The van der Waals surface area contributed by atoms with Crippen molar-refractivity contribution >= 4 is 44.8 Å². The van der Waals surface area contributed by atoms with Gasteiger partial charge in [0.05, 0.1) is 15.9 Å². The van der Waals surface area contributed by atoms with E-state index in [4.69, 9.17) is 11.6 Å². The second-order valence-electron chi connectivity index (χ2n) is 3.73. The fourth-order valence-electron chi connectivity index (χ4n) is 1.45. The maximum atomic E-state index is 12.0. The molecule has 0 saturated carbocycles. The SMILES string of the molecule is C[C@H](NC(=O)c1cncc(Br)c1)c1ccc(Cl)s1. The van der Waals surface area contributed by atoms with Gasteiger partial charge in [-0.2, -0.15) is 0 Å². The molecule has 2 rings (SSSR count). The molecule has 2 heterocycles. The summed E-state index contributed by atoms with van der Waals surface area (Å²) in [7, 11) is 0. The number of carbonyl (C=O) groups excluding carboxylic acids is 1. The fourth-order valence-corrected chi connectivity index (χ4v) is 2.88. The first-order chi connectivity index (χ1) is 8.56. The number of nitrogens with zero attached hydrogens (tertiary/aromatic N) is 1. The second-order valence-corrected chi connectivity index (χ2v) is 6.39. The average Bonchev–Trinajstić information content (AvgIpc) is 2.76. The summed E-state index contributed by atoms with van der Waals surface area (Å²) in [6, 6.07) is 5.40. The van der Waals surface area contributed by atoms with Crippen LogP contribution >= 0.6 is 38.9 Å². The Morgan fingerprint density at radius 2 is 2.28 bits per heavy atom. The van der Waals surface area contributed by atoms with Crippen molar-refractivity contribution in [2.45, 2.75) is 13.0 Å². The van der Waals surface area contributed by atoms with Crippen molar-refractivity contribution in [1.29, 1.82) is 0 Å². The summed E-state index contributed by atoms with van der Waals surface area (Å²) in [6.07, 6.45) is 3.17. The fraction of sp³-hybridized carbons (Fsp3) is 0.167. The number of hydrogen-bond acceptors (Lipinski definition) is 3. The van der Waals surface area contributed by atoms with Crippen LogP contribution in [0.1, 0.15) is 28.2 Å². The van der Waals surface area contributed by atoms with Crippen molar-refractivity contribution in [2.24, 2.45) is 0 Å². The van der Waals surface area contributed by atoms with Crippen LogP contribution in [-0.2, 0) is 0 Å². The Morgan fingerprint density at radius 1 is 1.50 bits per heavy atom. The van der Waals surface area contributed by atoms with Crippen LogP contribution in [0.2, 0.25) is 4.34 Å². The van der Waals surface area contributed by atoms with Gasteiger partial charge in [-0.25, -0.2) is 0 Å². The van der Waals surface area contributed by atoms with E-state index >= 15 is 0 Å². The van der Waals surface area contributed by atoms with Crippen LogP contribution in [0, 0.1) is 0 Å². The molecule has 0 aliphatic rings. The van der Waals surface area contributed by atoms with Crippen LogP contribution in [0.4, 0.5) is 0 Å². The Labute approximate surface area is 122 Å². The maximum Gasteiger partial charge on any atom is 0.253 e. The maximum absolute atomic E-state index is 12.0. The second kappa shape index (κ2) is 5.82. The van der Waals surface area contributed by atoms with Gasteiger partial charge in [0.2, 0.25) is 0 Å². The highest BCUT2D eigenvalue weighted by Crippen LogP contribution is 2.26. The van der Waals surface area contributed by atoms with Crippen molar-refractivity contribution in [3.8, 4) is 0 Å². The molecule has 1 amide bonds. The Morgan fingerprint density at radius 3 is 2.89 bits per heavy atom. The molecule has 0 unspecified atom stereocenters. The minimum atomic E-state index is -0.152. The molecule has 1 atom stereocenters. The van der Waals surface area contributed by atoms with E-state index in [1.54, 1.807) is 12.3 Å². The predicted molar refractivity (Wildman–Crippen MR) is 77.1 cm³/mol. The van der Waals surface area contributed by atoms with Gasteiger partial charge < -0.3 is 5.32 Å². The Kier molecular flexibility index (Phi) is 4.37. The van der Waals surface area contributed by atoms with Crippen LogP contribution in [0.3, 0.4) is 0 Å². The van der Waals surface area contributed by atoms with Gasteiger partial charge in [0, 0.05) is 21.7 Å². The van der Waals surface area contributed by atoms with Gasteiger partial charge in [-0.15, -0.1) is 11.3 Å². The monoisotopic (exact) mass is 344 g/mol. The molecular weight excluding hydrogens is 336 g/mol. The summed E-state index contributed by atoms with van der Waals surface area (Å²) in [5.74, 6) is -0.152. The number of thiophene rings is 1. The molecule has 0 aliphatic carbocycles. The van der Waals surface area contributed by atoms with E-state index in [0.717, 1.165) is 13.7 Å². The molecule has 0 bridgehead atoms. The lowest BCUT2D eigenvalue weighted by atomic mass is 10.2. The summed E-state index contributed by atoms with van der Waals surface area (Å²) >= 11 is 10.6. The van der Waals surface area contributed by atoms with E-state index in [2.05, 4.69) is 26.2 Å². The Balaban J connectivity index is 2.08. The van der Waals surface area contributed by atoms with Gasteiger partial charge in [0.15, 0.2) is 0 Å². The highest BCUT2D eigenvalue weighted by Gasteiger charge is 2.13. The van der Waals surface area contributed by atoms with E-state index < -0.39 is 0 Å². The first-order valence-corrected chi connectivity index (χ1v) is 7.21. The molecule has 3 nitrogen and oxygen atoms in total. The van der Waals surface area contributed by atoms with E-state index in [9.17, 15) is 4.79 Å². The minimum Gasteiger partial charge on any atom is -0.345 e. The van der Waals surface area contributed by atoms with E-state index in [1.807, 2.05) is 19.1 Å². The molecular formula is C12H10BrClN2OS. The van der Waals surface area contributed by atoms with Crippen LogP contribution in [-0.4, -0.2) is 10.9 Å². The van der Waals surface area contributed by atoms with Crippen LogP contribution in [0.5, 0.6) is 0 Å². The quantitative estimate of drug-likeness (QED) is 0.912. The number of rotatable bonds is 3. The van der Waals surface area contributed by atoms with E-state index in [1.165, 1.54) is 17.5 Å². The molecule has 6 heteroatoms. The van der Waals surface area contributed by atoms with Crippen molar-refractivity contribution in [1.82, 2.24) is 10.3 Å². The molecule has 0 aliphatic heterocycles. The molecule has 18 heavy (non-hydrogen) atoms. The summed E-state index contributed by atoms with van der Waals surface area (Å²) in [5, 5.41) is 2.91. The normalized spacial score (nSPS) is 12.2. The third kappa shape index (κ3) is 3.31. The van der Waals surface area contributed by atoms with Crippen molar-refractivity contribution in [3.05, 3.63) is 49.8 Å². The number of hydrogen-bond donors (Lipinski definition) is 1. The minimum absolute atomic E-state index is 0.0750. The zero-order valence-corrected chi connectivity index (χ0v) is 12.6. The molecule has 2 aromatic heterocycles. The zero-order chi connectivity index (χ0) is 13.1. The van der Waals surface area contributed by atoms with Crippen molar-refractivity contribution < 1.29 is 4.79 Å². The summed E-state index contributed by atoms with van der Waals surface area (Å²) in [5.41, 5.74) is 0.527. The summed E-state index contributed by atoms with van der Waals surface area (Å²) in [6.45, 7) is 1.92. The molecule has 0 saturated heterocycles. The van der Waals surface area contributed by atoms with Crippen LogP contribution < -0.4 is 5.32 Å². The topological polar surface area (TPSA) is 42.0 Å². The molecule has 0 fully saturated rings. The standard InChI is InChI=1S/C12H10BrClN2OS/c1-7(10-2-3-11(14)18-10)16-12(17)8-4-9(13)6-15-5-8/h2-7H,1H3,(H,16,17)/t7-/m0/s1. The number of halogens is 2. The lowest BCUT2D eigenvalue weighted by Gasteiger charge is -2.12. The van der Waals surface area contributed by atoms with E-state index in [0.29, 0.717) is 5.56 Å². The molecule has 0 radical (unpaired) electrons. The highest BCUT2D eigenvalue weighted by atomic mass is 79.9. The van der Waals surface area contributed by atoms with E-state index in [-0.39, 0.29) is 11.9 Å². The smallest absolute Gasteiger partial charge is 0.253 e. The summed E-state index contributed by atoms with van der Waals surface area (Å²) in [4.78, 5) is 17.0. The molecule has 2 aromatic rings. The highest BCUT2D eigenvalue weighted by molar-refractivity contribution is 9.10. The van der Waals surface area contributed by atoms with Gasteiger partial charge in [0.1, 0.15) is 0 Å². The molecule has 1 N–H and O–H groups in total. The van der Waals surface area contributed by atoms with Crippen LogP contribution in [0.15, 0.2) is 35.1 Å². The molecule has 0 spiro atoms. The summed E-state index contributed by atoms with van der Waals surface area (Å²) < 4.78 is 1.50. The first kappa shape index (κ1) is 13.5. The number of nitrogens with one attached hydrogen (secondary N) is 1. The molecule has 0 aromatic carbocycles. The molecule has 94 valence electrons. The predicted octanol–water partition coefficient (Wildman–Crippen LogP) is 4.05. The zero-order valence-electron chi connectivity index (χ0n) is 9.48. The van der Waals surface area contributed by atoms with Crippen LogP contribution in [0.25, 0.3) is 0 Å². The lowest BCUT2D eigenvalue weighted by molar-refractivity contribution is 0.0940. The third-order valence-corrected chi connectivity index (χ3v) is 4.18. The largest absolute Gasteiger partial charge is 0.345 e. The van der Waals surface area contributed by atoms with Crippen molar-refractivity contribution in [3.63, 3.8) is 0 Å². The van der Waals surface area contributed by atoms with Gasteiger partial charge in [-0.05, 0) is 41.1 Å². The first-order valence-electron chi connectivity index (χ1n) is 5.23. The average molecular weight is 346 g/mol. The Hall–Kier alpha value is -0.910. The number of aromatic nitrogens is 1. The van der Waals surface area contributed by atoms with Gasteiger partial charge in [-0.3, -0.25) is 9.78 Å². The third-order valence-electron chi connectivity index (χ3n) is 2.34. The lowest BCUT2D eigenvalue weighted by Crippen LogP contribution is -2.26. The van der Waals surface area contributed by atoms with Gasteiger partial charge in [-0.1, -0.05) is 11.6 Å². The number of amides is 1. The van der Waals surface area contributed by atoms with Gasteiger partial charge in [0.25, 0.3) is 5.91 Å². The number of carbonyl (C=O) groups is 1. The number of pyridine rings is 1. The van der Waals surface area contributed by atoms with Gasteiger partial charge >= 0.3 is 0 Å².